The average Bonchev–Trinajstić information content (AvgIpc) is 3.01. The number of fused-ring (bicyclic) bond motifs is 1. The Hall–Kier alpha value is -1.46. The first-order chi connectivity index (χ1) is 9.74. The van der Waals surface area contributed by atoms with Gasteiger partial charge in [-0.15, -0.1) is 0 Å². The van der Waals surface area contributed by atoms with Crippen molar-refractivity contribution in [3.05, 3.63) is 29.8 Å². The molecule has 2 aromatic rings. The highest BCUT2D eigenvalue weighted by Gasteiger charge is 2.32. The number of nitrogens with zero attached hydrogens (tertiary/aromatic N) is 2. The van der Waals surface area contributed by atoms with Gasteiger partial charge in [0, 0.05) is 18.7 Å². The first kappa shape index (κ1) is 13.5. The zero-order valence-corrected chi connectivity index (χ0v) is 11.9. The summed E-state index contributed by atoms with van der Waals surface area (Å²) in [4.78, 5) is 4.66. The van der Waals surface area contributed by atoms with E-state index in [1.54, 1.807) is 0 Å². The zero-order chi connectivity index (χ0) is 14.1. The van der Waals surface area contributed by atoms with Crippen LogP contribution in [0, 0.1) is 5.82 Å². The Bertz CT molecular complexity index is 610. The maximum atomic E-state index is 13.4. The second-order valence-electron chi connectivity index (χ2n) is 5.16. The third kappa shape index (κ3) is 2.21. The van der Waals surface area contributed by atoms with E-state index in [9.17, 15) is 4.39 Å². The van der Waals surface area contributed by atoms with Crippen LogP contribution in [0.5, 0.6) is 0 Å². The summed E-state index contributed by atoms with van der Waals surface area (Å²) in [6.45, 7) is 7.29. The Balaban J connectivity index is 2.06. The van der Waals surface area contributed by atoms with Crippen LogP contribution in [-0.2, 0) is 11.3 Å². The number of aryl methyl sites for hydroxylation is 1. The van der Waals surface area contributed by atoms with Gasteiger partial charge in [0.05, 0.1) is 30.2 Å². The fourth-order valence-corrected chi connectivity index (χ4v) is 3.01. The molecule has 1 aromatic heterocycles. The Morgan fingerprint density at radius 1 is 1.40 bits per heavy atom. The third-order valence-corrected chi connectivity index (χ3v) is 3.93. The summed E-state index contributed by atoms with van der Waals surface area (Å²) in [5.41, 5.74) is 1.72. The van der Waals surface area contributed by atoms with E-state index in [0.29, 0.717) is 13.2 Å². The molecule has 0 amide bonds. The number of nitrogens with one attached hydrogen (secondary N) is 1. The Morgan fingerprint density at radius 3 is 3.00 bits per heavy atom. The first-order valence-corrected chi connectivity index (χ1v) is 7.21. The van der Waals surface area contributed by atoms with Gasteiger partial charge in [-0.1, -0.05) is 6.92 Å². The van der Waals surface area contributed by atoms with Crippen molar-refractivity contribution in [3.8, 4) is 0 Å². The molecule has 2 heterocycles. The van der Waals surface area contributed by atoms with E-state index in [1.807, 2.05) is 6.07 Å². The van der Waals surface area contributed by atoms with Gasteiger partial charge in [0.15, 0.2) is 0 Å². The molecule has 4 nitrogen and oxygen atoms in total. The third-order valence-electron chi connectivity index (χ3n) is 3.93. The minimum absolute atomic E-state index is 0.227. The molecule has 5 heteroatoms. The second-order valence-corrected chi connectivity index (χ2v) is 5.16. The molecule has 108 valence electrons. The predicted molar refractivity (Wildman–Crippen MR) is 76.4 cm³/mol. The van der Waals surface area contributed by atoms with Gasteiger partial charge in [-0.25, -0.2) is 9.37 Å². The summed E-state index contributed by atoms with van der Waals surface area (Å²) in [6.07, 6.45) is 0. The van der Waals surface area contributed by atoms with E-state index < -0.39 is 0 Å². The van der Waals surface area contributed by atoms with Crippen molar-refractivity contribution in [2.45, 2.75) is 32.4 Å². The normalized spacial score (nSPS) is 22.8. The van der Waals surface area contributed by atoms with E-state index in [-0.39, 0.29) is 17.8 Å². The van der Waals surface area contributed by atoms with Gasteiger partial charge in [-0.2, -0.15) is 0 Å². The molecule has 0 spiro atoms. The van der Waals surface area contributed by atoms with Crippen molar-refractivity contribution >= 4 is 11.0 Å². The SMILES string of the molecule is CCNC1COCC1c1nc2cc(F)ccc2n1CC. The molecular formula is C15H20FN3O. The van der Waals surface area contributed by atoms with Crippen LogP contribution in [0.3, 0.4) is 0 Å². The van der Waals surface area contributed by atoms with Gasteiger partial charge >= 0.3 is 0 Å². The number of aromatic nitrogens is 2. The lowest BCUT2D eigenvalue weighted by Gasteiger charge is -2.18. The van der Waals surface area contributed by atoms with E-state index >= 15 is 0 Å². The second kappa shape index (κ2) is 5.50. The minimum Gasteiger partial charge on any atom is -0.379 e. The van der Waals surface area contributed by atoms with Crippen molar-refractivity contribution in [2.24, 2.45) is 0 Å². The Labute approximate surface area is 117 Å². The van der Waals surface area contributed by atoms with Crippen molar-refractivity contribution in [2.75, 3.05) is 19.8 Å². The van der Waals surface area contributed by atoms with Crippen LogP contribution in [0.1, 0.15) is 25.6 Å². The van der Waals surface area contributed by atoms with E-state index in [1.165, 1.54) is 12.1 Å². The molecule has 1 aliphatic rings. The van der Waals surface area contributed by atoms with Gasteiger partial charge < -0.3 is 14.6 Å². The topological polar surface area (TPSA) is 39.1 Å². The van der Waals surface area contributed by atoms with Crippen molar-refractivity contribution in [3.63, 3.8) is 0 Å². The van der Waals surface area contributed by atoms with Gasteiger partial charge in [0.25, 0.3) is 0 Å². The maximum Gasteiger partial charge on any atom is 0.125 e. The highest BCUT2D eigenvalue weighted by molar-refractivity contribution is 5.76. The van der Waals surface area contributed by atoms with Crippen LogP contribution in [0.4, 0.5) is 4.39 Å². The molecule has 0 aliphatic carbocycles. The number of ether oxygens (including phenoxy) is 1. The fourth-order valence-electron chi connectivity index (χ4n) is 3.01. The fraction of sp³-hybridized carbons (Fsp3) is 0.533. The predicted octanol–water partition coefficient (Wildman–Crippen LogP) is 2.29. The molecule has 20 heavy (non-hydrogen) atoms. The molecule has 1 fully saturated rings. The van der Waals surface area contributed by atoms with Crippen LogP contribution in [-0.4, -0.2) is 35.4 Å². The van der Waals surface area contributed by atoms with Crippen molar-refractivity contribution in [1.82, 2.24) is 14.9 Å². The first-order valence-electron chi connectivity index (χ1n) is 7.21. The van der Waals surface area contributed by atoms with Crippen molar-refractivity contribution in [1.29, 1.82) is 0 Å². The number of hydrogen-bond donors (Lipinski definition) is 1. The van der Waals surface area contributed by atoms with E-state index in [0.717, 1.165) is 29.9 Å². The molecule has 0 saturated carbocycles. The summed E-state index contributed by atoms with van der Waals surface area (Å²) in [6, 6.07) is 5.09. The van der Waals surface area contributed by atoms with E-state index in [2.05, 4.69) is 28.7 Å². The highest BCUT2D eigenvalue weighted by Crippen LogP contribution is 2.28. The number of rotatable bonds is 4. The number of imidazole rings is 1. The lowest BCUT2D eigenvalue weighted by molar-refractivity contribution is 0.187. The molecule has 1 aromatic carbocycles. The maximum absolute atomic E-state index is 13.4. The lowest BCUT2D eigenvalue weighted by atomic mass is 10.0. The van der Waals surface area contributed by atoms with E-state index in [4.69, 9.17) is 4.74 Å². The summed E-state index contributed by atoms with van der Waals surface area (Å²) >= 11 is 0. The summed E-state index contributed by atoms with van der Waals surface area (Å²) in [5.74, 6) is 0.984. The molecule has 2 atom stereocenters. The number of benzene rings is 1. The number of hydrogen-bond acceptors (Lipinski definition) is 3. The molecule has 1 N–H and O–H groups in total. The van der Waals surface area contributed by atoms with Crippen molar-refractivity contribution < 1.29 is 9.13 Å². The van der Waals surface area contributed by atoms with Gasteiger partial charge in [-0.05, 0) is 25.6 Å². The number of halogens is 1. The van der Waals surface area contributed by atoms with Crippen LogP contribution in [0.25, 0.3) is 11.0 Å². The van der Waals surface area contributed by atoms with Crippen LogP contribution < -0.4 is 5.32 Å². The molecule has 1 saturated heterocycles. The molecule has 0 bridgehead atoms. The molecule has 2 unspecified atom stereocenters. The van der Waals surface area contributed by atoms with Gasteiger partial charge in [0.1, 0.15) is 11.6 Å². The smallest absolute Gasteiger partial charge is 0.125 e. The lowest BCUT2D eigenvalue weighted by Crippen LogP contribution is -2.35. The standard InChI is InChI=1S/C15H20FN3O/c1-3-17-13-9-20-8-11(13)15-18-12-7-10(16)5-6-14(12)19(15)4-2/h5-7,11,13,17H,3-4,8-9H2,1-2H3. The monoisotopic (exact) mass is 277 g/mol. The quantitative estimate of drug-likeness (QED) is 0.932. The molecule has 0 radical (unpaired) electrons. The summed E-state index contributed by atoms with van der Waals surface area (Å²) in [5, 5.41) is 3.45. The molecule has 1 aliphatic heterocycles. The van der Waals surface area contributed by atoms with Crippen LogP contribution >= 0.6 is 0 Å². The van der Waals surface area contributed by atoms with Crippen LogP contribution in [0.2, 0.25) is 0 Å². The zero-order valence-electron chi connectivity index (χ0n) is 11.9. The Kier molecular flexibility index (Phi) is 3.72. The minimum atomic E-state index is -0.240. The Morgan fingerprint density at radius 2 is 2.25 bits per heavy atom. The largest absolute Gasteiger partial charge is 0.379 e. The highest BCUT2D eigenvalue weighted by atomic mass is 19.1. The van der Waals surface area contributed by atoms with Gasteiger partial charge in [-0.3, -0.25) is 0 Å². The number of likely N-dealkylation sites (N-methyl/N-ethyl adjacent to an activating group) is 1. The van der Waals surface area contributed by atoms with Crippen LogP contribution in [0.15, 0.2) is 18.2 Å². The summed E-state index contributed by atoms with van der Waals surface area (Å²) in [7, 11) is 0. The summed E-state index contributed by atoms with van der Waals surface area (Å²) < 4.78 is 21.1. The van der Waals surface area contributed by atoms with Gasteiger partial charge in [0.2, 0.25) is 0 Å². The average molecular weight is 277 g/mol. The molecular weight excluding hydrogens is 257 g/mol. The molecule has 3 rings (SSSR count).